The van der Waals surface area contributed by atoms with E-state index in [1.165, 1.54) is 19.3 Å². The highest BCUT2D eigenvalue weighted by Gasteiger charge is 2.21. The number of aromatic amines is 1. The Morgan fingerprint density at radius 2 is 2.10 bits per heavy atom. The first kappa shape index (κ1) is 14.3. The maximum Gasteiger partial charge on any atom is 0.194 e. The summed E-state index contributed by atoms with van der Waals surface area (Å²) in [6.07, 6.45) is 3.79. The number of likely N-dealkylation sites (tertiary alicyclic amines) is 1. The SMILES string of the molecule is Cc1[nH]c2c(C)cccc2c(=O)c1CN1CCCCC1C. The van der Waals surface area contributed by atoms with Crippen LogP contribution in [0.25, 0.3) is 10.9 Å². The van der Waals surface area contributed by atoms with E-state index in [0.717, 1.165) is 40.8 Å². The average Bonchev–Trinajstić information content (AvgIpc) is 2.46. The maximum atomic E-state index is 12.8. The fraction of sp³-hybridized carbons (Fsp3) is 0.500. The van der Waals surface area contributed by atoms with Crippen molar-refractivity contribution in [2.24, 2.45) is 0 Å². The third-order valence-electron chi connectivity index (χ3n) is 4.86. The second-order valence-corrected chi connectivity index (χ2v) is 6.37. The number of aryl methyl sites for hydroxylation is 2. The van der Waals surface area contributed by atoms with Crippen molar-refractivity contribution in [3.8, 4) is 0 Å². The van der Waals surface area contributed by atoms with Crippen LogP contribution < -0.4 is 5.43 Å². The number of hydrogen-bond acceptors (Lipinski definition) is 2. The lowest BCUT2D eigenvalue weighted by molar-refractivity contribution is 0.152. The molecule has 112 valence electrons. The number of para-hydroxylation sites is 1. The van der Waals surface area contributed by atoms with Gasteiger partial charge in [0.25, 0.3) is 0 Å². The van der Waals surface area contributed by atoms with Crippen LogP contribution in [0.4, 0.5) is 0 Å². The normalized spacial score (nSPS) is 20.0. The molecule has 1 aliphatic heterocycles. The van der Waals surface area contributed by atoms with Crippen LogP contribution in [0.3, 0.4) is 0 Å². The number of fused-ring (bicyclic) bond motifs is 1. The first-order valence-corrected chi connectivity index (χ1v) is 7.93. The van der Waals surface area contributed by atoms with Gasteiger partial charge in [0, 0.05) is 29.2 Å². The van der Waals surface area contributed by atoms with Gasteiger partial charge < -0.3 is 4.98 Å². The second kappa shape index (κ2) is 5.64. The number of hydrogen-bond donors (Lipinski definition) is 1. The zero-order valence-electron chi connectivity index (χ0n) is 13.2. The molecule has 0 radical (unpaired) electrons. The van der Waals surface area contributed by atoms with Gasteiger partial charge in [0.05, 0.1) is 5.52 Å². The van der Waals surface area contributed by atoms with Crippen molar-refractivity contribution < 1.29 is 0 Å². The zero-order chi connectivity index (χ0) is 15.0. The Labute approximate surface area is 126 Å². The highest BCUT2D eigenvalue weighted by molar-refractivity contribution is 5.82. The van der Waals surface area contributed by atoms with E-state index in [4.69, 9.17) is 0 Å². The highest BCUT2D eigenvalue weighted by Crippen LogP contribution is 2.21. The van der Waals surface area contributed by atoms with E-state index in [1.54, 1.807) is 0 Å². The average molecular weight is 284 g/mol. The molecule has 1 atom stereocenters. The molecule has 3 nitrogen and oxygen atoms in total. The molecule has 0 aliphatic carbocycles. The topological polar surface area (TPSA) is 36.1 Å². The fourth-order valence-corrected chi connectivity index (χ4v) is 3.40. The van der Waals surface area contributed by atoms with Crippen molar-refractivity contribution in [3.05, 3.63) is 45.2 Å². The summed E-state index contributed by atoms with van der Waals surface area (Å²) in [7, 11) is 0. The van der Waals surface area contributed by atoms with Crippen LogP contribution in [0.5, 0.6) is 0 Å². The van der Waals surface area contributed by atoms with E-state index in [1.807, 2.05) is 32.0 Å². The molecule has 1 N–H and O–H groups in total. The number of piperidine rings is 1. The van der Waals surface area contributed by atoms with Crippen LogP contribution in [-0.2, 0) is 6.54 Å². The van der Waals surface area contributed by atoms with Gasteiger partial charge >= 0.3 is 0 Å². The maximum absolute atomic E-state index is 12.8. The van der Waals surface area contributed by atoms with Gasteiger partial charge in [-0.15, -0.1) is 0 Å². The smallest absolute Gasteiger partial charge is 0.194 e. The Bertz CT molecular complexity index is 717. The van der Waals surface area contributed by atoms with Crippen molar-refractivity contribution in [3.63, 3.8) is 0 Å². The van der Waals surface area contributed by atoms with E-state index < -0.39 is 0 Å². The minimum Gasteiger partial charge on any atom is -0.358 e. The van der Waals surface area contributed by atoms with Crippen molar-refractivity contribution in [2.75, 3.05) is 6.54 Å². The van der Waals surface area contributed by atoms with Gasteiger partial charge in [-0.2, -0.15) is 0 Å². The second-order valence-electron chi connectivity index (χ2n) is 6.37. The van der Waals surface area contributed by atoms with Crippen molar-refractivity contribution in [1.29, 1.82) is 0 Å². The summed E-state index contributed by atoms with van der Waals surface area (Å²) >= 11 is 0. The molecule has 2 aromatic rings. The van der Waals surface area contributed by atoms with Gasteiger partial charge in [-0.05, 0) is 51.8 Å². The summed E-state index contributed by atoms with van der Waals surface area (Å²) in [5.74, 6) is 0. The van der Waals surface area contributed by atoms with Crippen molar-refractivity contribution in [2.45, 2.75) is 52.6 Å². The molecular weight excluding hydrogens is 260 g/mol. The number of nitrogens with zero attached hydrogens (tertiary/aromatic N) is 1. The predicted molar refractivity (Wildman–Crippen MR) is 87.8 cm³/mol. The highest BCUT2D eigenvalue weighted by atomic mass is 16.1. The Hall–Kier alpha value is -1.61. The van der Waals surface area contributed by atoms with E-state index >= 15 is 0 Å². The van der Waals surface area contributed by atoms with E-state index in [2.05, 4.69) is 16.8 Å². The van der Waals surface area contributed by atoms with Crippen LogP contribution in [0, 0.1) is 13.8 Å². The Morgan fingerprint density at radius 3 is 2.86 bits per heavy atom. The monoisotopic (exact) mass is 284 g/mol. The molecule has 2 heterocycles. The molecule has 0 saturated carbocycles. The summed E-state index contributed by atoms with van der Waals surface area (Å²) in [5, 5.41) is 0.820. The Balaban J connectivity index is 2.04. The molecule has 1 aromatic carbocycles. The van der Waals surface area contributed by atoms with E-state index in [0.29, 0.717) is 6.04 Å². The molecule has 3 heteroatoms. The standard InChI is InChI=1S/C18H24N2O/c1-12-7-6-9-15-17(12)19-14(3)16(18(15)21)11-20-10-5-4-8-13(20)2/h6-7,9,13H,4-5,8,10-11H2,1-3H3,(H,19,21). The molecule has 1 fully saturated rings. The van der Waals surface area contributed by atoms with E-state index in [9.17, 15) is 4.79 Å². The first-order valence-electron chi connectivity index (χ1n) is 7.93. The van der Waals surface area contributed by atoms with Crippen LogP contribution in [-0.4, -0.2) is 22.5 Å². The minimum absolute atomic E-state index is 0.197. The van der Waals surface area contributed by atoms with Crippen molar-refractivity contribution >= 4 is 10.9 Å². The molecule has 1 aliphatic rings. The largest absolute Gasteiger partial charge is 0.358 e. The zero-order valence-corrected chi connectivity index (χ0v) is 13.2. The molecule has 3 rings (SSSR count). The quantitative estimate of drug-likeness (QED) is 0.916. The lowest BCUT2D eigenvalue weighted by Crippen LogP contribution is -2.38. The molecular formula is C18H24N2O. The number of aromatic nitrogens is 1. The Morgan fingerprint density at radius 1 is 1.29 bits per heavy atom. The molecule has 21 heavy (non-hydrogen) atoms. The van der Waals surface area contributed by atoms with Gasteiger partial charge in [-0.3, -0.25) is 9.69 Å². The number of H-pyrrole nitrogens is 1. The minimum atomic E-state index is 0.197. The number of pyridine rings is 1. The molecule has 1 saturated heterocycles. The number of benzene rings is 1. The van der Waals surface area contributed by atoms with Gasteiger partial charge in [0.1, 0.15) is 0 Å². The first-order chi connectivity index (χ1) is 10.1. The molecule has 1 aromatic heterocycles. The summed E-state index contributed by atoms with van der Waals surface area (Å²) in [6.45, 7) is 8.22. The van der Waals surface area contributed by atoms with E-state index in [-0.39, 0.29) is 5.43 Å². The van der Waals surface area contributed by atoms with Gasteiger partial charge in [-0.25, -0.2) is 0 Å². The van der Waals surface area contributed by atoms with Crippen LogP contribution in [0.15, 0.2) is 23.0 Å². The molecule has 1 unspecified atom stereocenters. The van der Waals surface area contributed by atoms with Crippen LogP contribution in [0.2, 0.25) is 0 Å². The lowest BCUT2D eigenvalue weighted by atomic mass is 10.0. The Kier molecular flexibility index (Phi) is 3.85. The summed E-state index contributed by atoms with van der Waals surface area (Å²) < 4.78 is 0. The summed E-state index contributed by atoms with van der Waals surface area (Å²) in [6, 6.07) is 6.52. The third kappa shape index (κ3) is 2.62. The predicted octanol–water partition coefficient (Wildman–Crippen LogP) is 3.52. The summed E-state index contributed by atoms with van der Waals surface area (Å²) in [5.41, 5.74) is 4.25. The van der Waals surface area contributed by atoms with Crippen LogP contribution >= 0.6 is 0 Å². The van der Waals surface area contributed by atoms with Gasteiger partial charge in [0.15, 0.2) is 5.43 Å². The third-order valence-corrected chi connectivity index (χ3v) is 4.86. The number of rotatable bonds is 2. The van der Waals surface area contributed by atoms with Gasteiger partial charge in [-0.1, -0.05) is 18.6 Å². The molecule has 0 bridgehead atoms. The molecule has 0 spiro atoms. The fourth-order valence-electron chi connectivity index (χ4n) is 3.40. The van der Waals surface area contributed by atoms with Crippen molar-refractivity contribution in [1.82, 2.24) is 9.88 Å². The van der Waals surface area contributed by atoms with Gasteiger partial charge in [0.2, 0.25) is 0 Å². The lowest BCUT2D eigenvalue weighted by Gasteiger charge is -2.33. The molecule has 0 amide bonds. The number of nitrogens with one attached hydrogen (secondary N) is 1. The van der Waals surface area contributed by atoms with Crippen LogP contribution in [0.1, 0.15) is 43.0 Å². The summed E-state index contributed by atoms with van der Waals surface area (Å²) in [4.78, 5) is 18.7.